The lowest BCUT2D eigenvalue weighted by Gasteiger charge is -2.40. The van der Waals surface area contributed by atoms with Gasteiger partial charge in [0.25, 0.3) is 7.37 Å². The van der Waals surface area contributed by atoms with Gasteiger partial charge in [0, 0.05) is 25.1 Å². The molecule has 1 aliphatic carbocycles. The fourth-order valence-corrected chi connectivity index (χ4v) is 6.78. The Morgan fingerprint density at radius 3 is 2.23 bits per heavy atom. The van der Waals surface area contributed by atoms with E-state index in [1.807, 2.05) is 31.1 Å². The van der Waals surface area contributed by atoms with Gasteiger partial charge in [-0.2, -0.15) is 0 Å². The highest BCUT2D eigenvalue weighted by atomic mass is 31.2. The molecule has 1 aliphatic rings. The van der Waals surface area contributed by atoms with Gasteiger partial charge in [0.15, 0.2) is 5.85 Å². The van der Waals surface area contributed by atoms with Gasteiger partial charge in [-0.05, 0) is 72.6 Å². The van der Waals surface area contributed by atoms with Crippen LogP contribution in [0.25, 0.3) is 0 Å². The average molecular weight is 448 g/mol. The maximum absolute atomic E-state index is 14.4. The van der Waals surface area contributed by atoms with Gasteiger partial charge in [-0.3, -0.25) is 4.57 Å². The second-order valence-electron chi connectivity index (χ2n) is 9.40. The highest BCUT2D eigenvalue weighted by Gasteiger charge is 2.42. The van der Waals surface area contributed by atoms with Gasteiger partial charge in [0.05, 0.1) is 6.10 Å². The summed E-state index contributed by atoms with van der Waals surface area (Å²) in [5.41, 5.74) is 1.37. The van der Waals surface area contributed by atoms with Crippen LogP contribution in [0.4, 0.5) is 10.1 Å². The molecule has 0 radical (unpaired) electrons. The van der Waals surface area contributed by atoms with Gasteiger partial charge in [-0.15, -0.1) is 0 Å². The van der Waals surface area contributed by atoms with E-state index in [0.29, 0.717) is 22.7 Å². The van der Waals surface area contributed by atoms with E-state index in [1.165, 1.54) is 24.3 Å². The molecule has 3 rings (SSSR count). The molecule has 2 aromatic rings. The fourth-order valence-electron chi connectivity index (χ4n) is 4.49. The molecule has 6 heteroatoms. The summed E-state index contributed by atoms with van der Waals surface area (Å²) in [7, 11) is 0.172. The van der Waals surface area contributed by atoms with E-state index in [0.717, 1.165) is 24.9 Å². The van der Waals surface area contributed by atoms with Crippen molar-refractivity contribution in [2.45, 2.75) is 52.0 Å². The Kier molecular flexibility index (Phi) is 7.62. The maximum Gasteiger partial charge on any atom is 0.264 e. The van der Waals surface area contributed by atoms with Crippen LogP contribution in [0.1, 0.15) is 51.4 Å². The lowest BCUT2D eigenvalue weighted by atomic mass is 9.75. The van der Waals surface area contributed by atoms with E-state index in [9.17, 15) is 14.1 Å². The third-order valence-electron chi connectivity index (χ3n) is 6.47. The zero-order chi connectivity index (χ0) is 22.8. The number of nitrogens with zero attached hydrogens (tertiary/aromatic N) is 1. The molecule has 0 spiro atoms. The number of aliphatic hydroxyl groups is 1. The maximum atomic E-state index is 14.4. The predicted molar refractivity (Wildman–Crippen MR) is 126 cm³/mol. The second kappa shape index (κ2) is 9.85. The standard InChI is InChI=1S/C25H35FNO3P/c1-17(2)23-15-6-18(3)16-24(23)30-31(29,22-13-11-21(12-14-22)27(4)5)25(28)19-7-9-20(26)10-8-19/h7-14,17-18,23-25,28H,6,15-16H2,1-5H3/t18-,23-,24+,25-,31+/m0/s1. The van der Waals surface area contributed by atoms with Crippen LogP contribution >= 0.6 is 7.37 Å². The van der Waals surface area contributed by atoms with Crippen molar-refractivity contribution >= 4 is 18.4 Å². The van der Waals surface area contributed by atoms with Crippen LogP contribution in [0.3, 0.4) is 0 Å². The van der Waals surface area contributed by atoms with Gasteiger partial charge in [0.1, 0.15) is 5.82 Å². The van der Waals surface area contributed by atoms with Gasteiger partial charge in [-0.25, -0.2) is 4.39 Å². The minimum absolute atomic E-state index is 0.196. The number of hydrogen-bond acceptors (Lipinski definition) is 4. The number of halogens is 1. The van der Waals surface area contributed by atoms with Gasteiger partial charge in [0.2, 0.25) is 0 Å². The molecule has 1 saturated carbocycles. The van der Waals surface area contributed by atoms with Crippen LogP contribution in [0, 0.1) is 23.6 Å². The molecule has 4 nitrogen and oxygen atoms in total. The first-order valence-corrected chi connectivity index (χ1v) is 12.8. The second-order valence-corrected chi connectivity index (χ2v) is 11.8. The molecule has 0 aliphatic heterocycles. The molecule has 0 aromatic heterocycles. The van der Waals surface area contributed by atoms with Crippen molar-refractivity contribution in [2.24, 2.45) is 17.8 Å². The Bertz CT molecular complexity index is 898. The normalized spacial score (nSPS) is 24.6. The molecule has 0 bridgehead atoms. The molecular formula is C25H35FNO3P. The molecule has 170 valence electrons. The third kappa shape index (κ3) is 5.39. The molecule has 2 aromatic carbocycles. The topological polar surface area (TPSA) is 49.8 Å². The molecule has 0 amide bonds. The van der Waals surface area contributed by atoms with E-state index in [4.69, 9.17) is 4.52 Å². The number of rotatable bonds is 7. The average Bonchev–Trinajstić information content (AvgIpc) is 2.73. The van der Waals surface area contributed by atoms with E-state index in [-0.39, 0.29) is 12.0 Å². The van der Waals surface area contributed by atoms with Crippen molar-refractivity contribution in [3.8, 4) is 0 Å². The lowest BCUT2D eigenvalue weighted by molar-refractivity contribution is 0.0427. The summed E-state index contributed by atoms with van der Waals surface area (Å²) in [5, 5.41) is 11.7. The zero-order valence-electron chi connectivity index (χ0n) is 19.2. The van der Waals surface area contributed by atoms with E-state index in [2.05, 4.69) is 20.8 Å². The third-order valence-corrected chi connectivity index (χ3v) is 9.01. The van der Waals surface area contributed by atoms with Crippen molar-refractivity contribution in [1.29, 1.82) is 0 Å². The molecule has 1 N–H and O–H groups in total. The smallest absolute Gasteiger partial charge is 0.264 e. The minimum atomic E-state index is -3.71. The summed E-state index contributed by atoms with van der Waals surface area (Å²) in [6.45, 7) is 6.54. The summed E-state index contributed by atoms with van der Waals surface area (Å²) in [6, 6.07) is 12.8. The summed E-state index contributed by atoms with van der Waals surface area (Å²) < 4.78 is 34.4. The Hall–Kier alpha value is -1.68. The van der Waals surface area contributed by atoms with Crippen molar-refractivity contribution in [3.05, 3.63) is 59.9 Å². The molecule has 31 heavy (non-hydrogen) atoms. The van der Waals surface area contributed by atoms with Crippen LogP contribution in [-0.2, 0) is 9.09 Å². The molecular weight excluding hydrogens is 412 g/mol. The molecule has 0 saturated heterocycles. The van der Waals surface area contributed by atoms with Crippen LogP contribution in [0.5, 0.6) is 0 Å². The predicted octanol–water partition coefficient (Wildman–Crippen LogP) is 5.96. The molecule has 0 unspecified atom stereocenters. The van der Waals surface area contributed by atoms with Gasteiger partial charge < -0.3 is 14.5 Å². The molecule has 1 fully saturated rings. The van der Waals surface area contributed by atoms with Crippen molar-refractivity contribution in [1.82, 2.24) is 0 Å². The SMILES string of the molecule is CC(C)[C@@H]1CC[C@H](C)C[C@H]1O[P@](=O)(c1ccc(N(C)C)cc1)[C@H](O)c1ccc(F)cc1. The van der Waals surface area contributed by atoms with E-state index >= 15 is 0 Å². The highest BCUT2D eigenvalue weighted by Crippen LogP contribution is 2.60. The first-order chi connectivity index (χ1) is 14.6. The summed E-state index contributed by atoms with van der Waals surface area (Å²) in [5.74, 6) is -0.602. The van der Waals surface area contributed by atoms with Crippen LogP contribution in [0.2, 0.25) is 0 Å². The Morgan fingerprint density at radius 1 is 1.06 bits per heavy atom. The van der Waals surface area contributed by atoms with Gasteiger partial charge >= 0.3 is 0 Å². The Balaban J connectivity index is 2.02. The highest BCUT2D eigenvalue weighted by molar-refractivity contribution is 7.67. The first-order valence-electron chi connectivity index (χ1n) is 11.1. The largest absolute Gasteiger partial charge is 0.378 e. The van der Waals surface area contributed by atoms with Crippen molar-refractivity contribution < 1.29 is 18.6 Å². The van der Waals surface area contributed by atoms with Crippen LogP contribution < -0.4 is 10.2 Å². The summed E-state index contributed by atoms with van der Waals surface area (Å²) in [6.07, 6.45) is 2.78. The van der Waals surface area contributed by atoms with Crippen molar-refractivity contribution in [2.75, 3.05) is 19.0 Å². The monoisotopic (exact) mass is 447 g/mol. The van der Waals surface area contributed by atoms with Gasteiger partial charge in [-0.1, -0.05) is 39.3 Å². The summed E-state index contributed by atoms with van der Waals surface area (Å²) in [4.78, 5) is 1.96. The molecule has 0 heterocycles. The number of aliphatic hydroxyl groups excluding tert-OH is 1. The fraction of sp³-hybridized carbons (Fsp3) is 0.520. The minimum Gasteiger partial charge on any atom is -0.378 e. The number of hydrogen-bond donors (Lipinski definition) is 1. The van der Waals surface area contributed by atoms with Crippen molar-refractivity contribution in [3.63, 3.8) is 0 Å². The Labute approximate surface area is 185 Å². The number of benzene rings is 2. The van der Waals surface area contributed by atoms with E-state index in [1.54, 1.807) is 12.1 Å². The quantitative estimate of drug-likeness (QED) is 0.532. The number of anilines is 1. The molecule has 5 atom stereocenters. The first kappa shape index (κ1) is 24.0. The lowest BCUT2D eigenvalue weighted by Crippen LogP contribution is -2.35. The van der Waals surface area contributed by atoms with Crippen LogP contribution in [0.15, 0.2) is 48.5 Å². The zero-order valence-corrected chi connectivity index (χ0v) is 20.1. The Morgan fingerprint density at radius 2 is 1.68 bits per heavy atom. The summed E-state index contributed by atoms with van der Waals surface area (Å²) >= 11 is 0. The van der Waals surface area contributed by atoms with E-state index < -0.39 is 19.0 Å². The van der Waals surface area contributed by atoms with Crippen LogP contribution in [-0.4, -0.2) is 25.3 Å².